The summed E-state index contributed by atoms with van der Waals surface area (Å²) in [6.07, 6.45) is 3.21. The van der Waals surface area contributed by atoms with Crippen LogP contribution >= 0.6 is 0 Å². The molecule has 1 fully saturated rings. The van der Waals surface area contributed by atoms with Gasteiger partial charge in [-0.1, -0.05) is 26.0 Å². The van der Waals surface area contributed by atoms with E-state index in [4.69, 9.17) is 4.42 Å². The number of hydrogen-bond acceptors (Lipinski definition) is 8. The van der Waals surface area contributed by atoms with Gasteiger partial charge in [0.1, 0.15) is 11.5 Å². The predicted molar refractivity (Wildman–Crippen MR) is 168 cm³/mol. The third kappa shape index (κ3) is 6.07. The van der Waals surface area contributed by atoms with E-state index in [1.807, 2.05) is 57.2 Å². The van der Waals surface area contributed by atoms with Crippen molar-refractivity contribution in [2.45, 2.75) is 76.3 Å². The zero-order chi connectivity index (χ0) is 32.3. The van der Waals surface area contributed by atoms with E-state index in [1.165, 1.54) is 0 Å². The van der Waals surface area contributed by atoms with Crippen LogP contribution in [-0.4, -0.2) is 72.1 Å². The fraction of sp³-hybridized carbons (Fsp3) is 0.471. The lowest BCUT2D eigenvalue weighted by atomic mass is 9.68. The van der Waals surface area contributed by atoms with Crippen molar-refractivity contribution in [3.8, 4) is 6.07 Å². The molecule has 2 aromatic carbocycles. The van der Waals surface area contributed by atoms with Gasteiger partial charge in [-0.2, -0.15) is 5.26 Å². The quantitative estimate of drug-likeness (QED) is 0.333. The maximum atomic E-state index is 13.1. The number of carbonyl (C=O) groups is 3. The van der Waals surface area contributed by atoms with Crippen LogP contribution < -0.4 is 16.0 Å². The van der Waals surface area contributed by atoms with Crippen LogP contribution in [0.4, 0.5) is 0 Å². The summed E-state index contributed by atoms with van der Waals surface area (Å²) in [7, 11) is 3.21. The van der Waals surface area contributed by atoms with Gasteiger partial charge in [0.05, 0.1) is 12.6 Å². The molecule has 3 N–H and O–H groups in total. The number of nitrogens with one attached hydrogen (secondary N) is 3. The fourth-order valence-electron chi connectivity index (χ4n) is 6.69. The van der Waals surface area contributed by atoms with E-state index in [0.29, 0.717) is 55.1 Å². The molecule has 3 amide bonds. The molecule has 0 radical (unpaired) electrons. The number of fused-ring (bicyclic) bond motifs is 2. The Morgan fingerprint density at radius 2 is 1.60 bits per heavy atom. The van der Waals surface area contributed by atoms with Crippen molar-refractivity contribution in [2.24, 2.45) is 0 Å². The van der Waals surface area contributed by atoms with Crippen molar-refractivity contribution in [3.63, 3.8) is 0 Å². The van der Waals surface area contributed by atoms with Gasteiger partial charge in [0.2, 0.25) is 17.7 Å². The highest BCUT2D eigenvalue weighted by Crippen LogP contribution is 2.48. The number of likely N-dealkylation sites (tertiary alicyclic amines) is 1. The van der Waals surface area contributed by atoms with E-state index < -0.39 is 11.5 Å². The van der Waals surface area contributed by atoms with Crippen LogP contribution in [0.3, 0.4) is 0 Å². The minimum absolute atomic E-state index is 0.000910. The standard InChI is InChI=1S/C34H41N7O4/c1-20(2)32-39-40-33(45-32)34(17-21(3)38-19-29(42)41-14-6-7-26(41)18-35)27-12-10-24(30(43)36-4)15-22(27)8-9-23-16-25(31(44)37-5)11-13-28(23)34/h10-13,15-16,20-21,26,38H,6-9,14,17,19H2,1-5H3,(H,36,43)(H,37,44)/t21-,26-/m0/s1. The Hall–Kier alpha value is -4.56. The van der Waals surface area contributed by atoms with Crippen LogP contribution in [0.25, 0.3) is 0 Å². The van der Waals surface area contributed by atoms with Crippen molar-refractivity contribution < 1.29 is 18.8 Å². The number of amides is 3. The summed E-state index contributed by atoms with van der Waals surface area (Å²) in [6.45, 7) is 6.67. The Kier molecular flexibility index (Phi) is 9.34. The predicted octanol–water partition coefficient (Wildman–Crippen LogP) is 3.23. The van der Waals surface area contributed by atoms with Gasteiger partial charge in [0, 0.05) is 43.7 Å². The SMILES string of the molecule is CNC(=O)c1ccc2c(c1)CCc1cc(C(=O)NC)ccc1C2(C[C@H](C)NCC(=O)N1CCC[C@H]1C#N)c1nnc(C(C)C)o1. The van der Waals surface area contributed by atoms with Crippen LogP contribution in [0.15, 0.2) is 40.8 Å². The molecular weight excluding hydrogens is 570 g/mol. The molecule has 5 rings (SSSR count). The first-order valence-electron chi connectivity index (χ1n) is 15.6. The van der Waals surface area contributed by atoms with Gasteiger partial charge in [-0.25, -0.2) is 0 Å². The molecule has 1 aliphatic heterocycles. The Labute approximate surface area is 263 Å². The molecule has 1 aliphatic carbocycles. The third-order valence-electron chi connectivity index (χ3n) is 9.01. The van der Waals surface area contributed by atoms with Crippen molar-refractivity contribution in [1.29, 1.82) is 5.26 Å². The second-order valence-corrected chi connectivity index (χ2v) is 12.3. The highest BCUT2D eigenvalue weighted by molar-refractivity contribution is 5.95. The van der Waals surface area contributed by atoms with Gasteiger partial charge < -0.3 is 25.3 Å². The monoisotopic (exact) mass is 611 g/mol. The van der Waals surface area contributed by atoms with Crippen molar-refractivity contribution >= 4 is 17.7 Å². The molecule has 1 aromatic heterocycles. The lowest BCUT2D eigenvalue weighted by Gasteiger charge is -2.36. The molecule has 2 atom stereocenters. The minimum Gasteiger partial charge on any atom is -0.424 e. The molecule has 11 heteroatoms. The van der Waals surface area contributed by atoms with Gasteiger partial charge in [-0.05, 0) is 85.5 Å². The van der Waals surface area contributed by atoms with Crippen molar-refractivity contribution in [3.05, 3.63) is 81.6 Å². The molecule has 11 nitrogen and oxygen atoms in total. The summed E-state index contributed by atoms with van der Waals surface area (Å²) in [5.74, 6) is 0.456. The normalized spacial score (nSPS) is 17.5. The van der Waals surface area contributed by atoms with E-state index >= 15 is 0 Å². The zero-order valence-electron chi connectivity index (χ0n) is 26.6. The molecule has 0 saturated carbocycles. The van der Waals surface area contributed by atoms with Gasteiger partial charge >= 0.3 is 0 Å². The van der Waals surface area contributed by atoms with Gasteiger partial charge in [-0.3, -0.25) is 14.4 Å². The van der Waals surface area contributed by atoms with E-state index in [1.54, 1.807) is 19.0 Å². The molecule has 0 spiro atoms. The van der Waals surface area contributed by atoms with Crippen LogP contribution in [0.5, 0.6) is 0 Å². The van der Waals surface area contributed by atoms with Gasteiger partial charge in [0.15, 0.2) is 0 Å². The Balaban J connectivity index is 1.65. The van der Waals surface area contributed by atoms with E-state index in [2.05, 4.69) is 32.2 Å². The smallest absolute Gasteiger partial charge is 0.251 e. The van der Waals surface area contributed by atoms with Crippen LogP contribution in [0.2, 0.25) is 0 Å². The number of nitriles is 1. The average Bonchev–Trinajstić information content (AvgIpc) is 3.73. The molecule has 1 saturated heterocycles. The number of benzene rings is 2. The maximum absolute atomic E-state index is 13.1. The van der Waals surface area contributed by atoms with Gasteiger partial charge in [-0.15, -0.1) is 10.2 Å². The Bertz CT molecular complexity index is 1570. The zero-order valence-corrected chi connectivity index (χ0v) is 26.6. The summed E-state index contributed by atoms with van der Waals surface area (Å²) >= 11 is 0. The Morgan fingerprint density at radius 1 is 1.00 bits per heavy atom. The molecule has 0 unspecified atom stereocenters. The number of carbonyl (C=O) groups excluding carboxylic acids is 3. The molecule has 236 valence electrons. The largest absolute Gasteiger partial charge is 0.424 e. The highest BCUT2D eigenvalue weighted by atomic mass is 16.4. The molecule has 0 bridgehead atoms. The Morgan fingerprint density at radius 3 is 2.11 bits per heavy atom. The number of rotatable bonds is 9. The lowest BCUT2D eigenvalue weighted by Crippen LogP contribution is -2.45. The first-order chi connectivity index (χ1) is 21.6. The molecule has 45 heavy (non-hydrogen) atoms. The maximum Gasteiger partial charge on any atom is 0.251 e. The second kappa shape index (κ2) is 13.2. The van der Waals surface area contributed by atoms with Crippen LogP contribution in [-0.2, 0) is 23.1 Å². The van der Waals surface area contributed by atoms with E-state index in [9.17, 15) is 19.6 Å². The number of nitrogens with zero attached hydrogens (tertiary/aromatic N) is 4. The second-order valence-electron chi connectivity index (χ2n) is 12.3. The average molecular weight is 612 g/mol. The third-order valence-corrected chi connectivity index (χ3v) is 9.01. The number of aromatic nitrogens is 2. The number of hydrogen-bond donors (Lipinski definition) is 3. The highest BCUT2D eigenvalue weighted by Gasteiger charge is 2.47. The summed E-state index contributed by atoms with van der Waals surface area (Å²) in [6, 6.07) is 13.0. The van der Waals surface area contributed by atoms with E-state index in [0.717, 1.165) is 28.7 Å². The molecular formula is C34H41N7O4. The molecule has 2 heterocycles. The number of aryl methyl sites for hydroxylation is 2. The van der Waals surface area contributed by atoms with Crippen LogP contribution in [0, 0.1) is 11.3 Å². The van der Waals surface area contributed by atoms with Crippen molar-refractivity contribution in [1.82, 2.24) is 31.0 Å². The summed E-state index contributed by atoms with van der Waals surface area (Å²) in [5.41, 5.74) is 3.94. The summed E-state index contributed by atoms with van der Waals surface area (Å²) < 4.78 is 6.47. The first kappa shape index (κ1) is 31.9. The van der Waals surface area contributed by atoms with Crippen LogP contribution in [0.1, 0.15) is 101 Å². The summed E-state index contributed by atoms with van der Waals surface area (Å²) in [4.78, 5) is 40.2. The first-order valence-corrected chi connectivity index (χ1v) is 15.6. The minimum atomic E-state index is -0.956. The topological polar surface area (TPSA) is 153 Å². The molecule has 2 aliphatic rings. The molecule has 3 aromatic rings. The fourth-order valence-corrected chi connectivity index (χ4v) is 6.69. The summed E-state index contributed by atoms with van der Waals surface area (Å²) in [5, 5.41) is 27.4. The van der Waals surface area contributed by atoms with Gasteiger partial charge in [0.25, 0.3) is 11.8 Å². The van der Waals surface area contributed by atoms with Crippen molar-refractivity contribution in [2.75, 3.05) is 27.2 Å². The lowest BCUT2D eigenvalue weighted by molar-refractivity contribution is -0.130. The van der Waals surface area contributed by atoms with E-state index in [-0.39, 0.29) is 36.2 Å².